The number of hydrogen-bond acceptors (Lipinski definition) is 10. The Bertz CT molecular complexity index is 2150. The summed E-state index contributed by atoms with van der Waals surface area (Å²) < 4.78 is 88.8. The number of halogens is 5. The Balaban J connectivity index is 1.43. The van der Waals surface area contributed by atoms with Gasteiger partial charge in [0, 0.05) is 49.6 Å². The normalized spacial score (nSPS) is 21.3. The van der Waals surface area contributed by atoms with E-state index in [0.29, 0.717) is 24.3 Å². The van der Waals surface area contributed by atoms with Crippen LogP contribution in [0.2, 0.25) is 0 Å². The number of carbonyl (C=O) groups excluding carboxylic acids is 1. The van der Waals surface area contributed by atoms with Crippen molar-refractivity contribution >= 4 is 49.1 Å². The van der Waals surface area contributed by atoms with Crippen LogP contribution in [0.25, 0.3) is 32.1 Å². The number of nitrogens with two attached hydrogens (primary N) is 1. The molecule has 2 aromatic heterocycles. The number of nitrogens with zero attached hydrogens (tertiary/aromatic N) is 6. The summed E-state index contributed by atoms with van der Waals surface area (Å²) in [6.07, 6.45) is -0.384. The van der Waals surface area contributed by atoms with Gasteiger partial charge in [-0.2, -0.15) is 28.4 Å². The van der Waals surface area contributed by atoms with Crippen molar-refractivity contribution in [1.29, 1.82) is 5.26 Å². The van der Waals surface area contributed by atoms with Crippen LogP contribution in [0.3, 0.4) is 0 Å². The molecular formula is C36H36F5N7O3S. The topological polar surface area (TPSA) is 121 Å². The number of anilines is 2. The van der Waals surface area contributed by atoms with E-state index < -0.39 is 46.5 Å². The van der Waals surface area contributed by atoms with Gasteiger partial charge in [0.2, 0.25) is 5.91 Å². The minimum absolute atomic E-state index is 0.0244. The number of methoxy groups -OCH3 is 1. The lowest BCUT2D eigenvalue weighted by atomic mass is 9.92. The molecule has 52 heavy (non-hydrogen) atoms. The molecule has 1 amide bonds. The zero-order valence-electron chi connectivity index (χ0n) is 28.7. The van der Waals surface area contributed by atoms with E-state index in [0.717, 1.165) is 44.0 Å². The molecule has 4 heterocycles. The molecule has 274 valence electrons. The molecule has 7 rings (SSSR count). The Morgan fingerprint density at radius 2 is 2.02 bits per heavy atom. The molecule has 2 aliphatic heterocycles. The largest absolute Gasteiger partial charge is 0.462 e. The van der Waals surface area contributed by atoms with Crippen molar-refractivity contribution in [2.24, 2.45) is 5.41 Å². The van der Waals surface area contributed by atoms with Gasteiger partial charge in [0.15, 0.2) is 5.82 Å². The minimum atomic E-state index is -5.12. The van der Waals surface area contributed by atoms with Crippen LogP contribution in [0, 0.1) is 28.4 Å². The van der Waals surface area contributed by atoms with E-state index in [2.05, 4.69) is 21.4 Å². The van der Waals surface area contributed by atoms with Gasteiger partial charge < -0.3 is 25.0 Å². The summed E-state index contributed by atoms with van der Waals surface area (Å²) >= 11 is 0.691. The number of nitriles is 1. The summed E-state index contributed by atoms with van der Waals surface area (Å²) in [5.74, 6) is -2.55. The number of thiophene rings is 1. The smallest absolute Gasteiger partial charge is 0.417 e. The van der Waals surface area contributed by atoms with Crippen LogP contribution in [0.4, 0.5) is 32.8 Å². The van der Waals surface area contributed by atoms with E-state index >= 15 is 17.6 Å². The summed E-state index contributed by atoms with van der Waals surface area (Å²) in [5, 5.41) is 9.26. The van der Waals surface area contributed by atoms with Gasteiger partial charge in [-0.25, -0.2) is 8.78 Å². The second-order valence-corrected chi connectivity index (χ2v) is 15.0. The van der Waals surface area contributed by atoms with E-state index in [1.165, 1.54) is 13.2 Å². The molecule has 4 aromatic rings. The number of ether oxygens (including phenoxy) is 2. The lowest BCUT2D eigenvalue weighted by Crippen LogP contribution is -2.48. The van der Waals surface area contributed by atoms with Crippen molar-refractivity contribution < 1.29 is 36.2 Å². The summed E-state index contributed by atoms with van der Waals surface area (Å²) in [4.78, 5) is 27.1. The Morgan fingerprint density at radius 1 is 1.27 bits per heavy atom. The van der Waals surface area contributed by atoms with E-state index in [4.69, 9.17) is 15.2 Å². The number of carbonyl (C=O) groups is 1. The molecule has 2 saturated heterocycles. The Labute approximate surface area is 300 Å². The third-order valence-electron chi connectivity index (χ3n) is 10.8. The summed E-state index contributed by atoms with van der Waals surface area (Å²) in [5.41, 5.74) is 2.86. The molecule has 3 aliphatic rings. The summed E-state index contributed by atoms with van der Waals surface area (Å²) in [6.45, 7) is 5.08. The van der Waals surface area contributed by atoms with E-state index in [9.17, 15) is 14.4 Å². The van der Waals surface area contributed by atoms with E-state index in [1.807, 2.05) is 13.1 Å². The number of aromatic nitrogens is 2. The van der Waals surface area contributed by atoms with Gasteiger partial charge in [-0.05, 0) is 61.9 Å². The maximum absolute atomic E-state index is 17.2. The lowest BCUT2D eigenvalue weighted by molar-refractivity contribution is -0.137. The molecule has 1 spiro atoms. The molecule has 0 radical (unpaired) electrons. The molecule has 1 saturated carbocycles. The molecule has 2 aromatic carbocycles. The van der Waals surface area contributed by atoms with Gasteiger partial charge >= 0.3 is 12.2 Å². The minimum Gasteiger partial charge on any atom is -0.462 e. The maximum atomic E-state index is 17.2. The summed E-state index contributed by atoms with van der Waals surface area (Å²) in [7, 11) is 5.08. The van der Waals surface area contributed by atoms with Crippen LogP contribution < -0.4 is 15.4 Å². The Morgan fingerprint density at radius 3 is 2.65 bits per heavy atom. The molecule has 1 unspecified atom stereocenters. The van der Waals surface area contributed by atoms with Gasteiger partial charge in [-0.15, -0.1) is 11.3 Å². The lowest BCUT2D eigenvalue weighted by Gasteiger charge is -2.34. The number of benzene rings is 2. The molecule has 16 heteroatoms. The molecular weight excluding hydrogens is 705 g/mol. The first kappa shape index (κ1) is 35.8. The van der Waals surface area contributed by atoms with Crippen molar-refractivity contribution in [2.45, 2.75) is 50.0 Å². The fraction of sp³-hybridized carbons (Fsp3) is 0.444. The highest BCUT2D eigenvalue weighted by Gasteiger charge is 2.51. The van der Waals surface area contributed by atoms with Crippen molar-refractivity contribution in [3.05, 3.63) is 53.6 Å². The Hall–Kier alpha value is -4.59. The number of fused-ring (bicyclic) bond motifs is 2. The Kier molecular flexibility index (Phi) is 9.03. The van der Waals surface area contributed by atoms with Crippen molar-refractivity contribution in [3.8, 4) is 23.2 Å². The van der Waals surface area contributed by atoms with Crippen LogP contribution in [0.15, 0.2) is 30.9 Å². The number of likely N-dealkylation sites (tertiary alicyclic amines) is 2. The van der Waals surface area contributed by atoms with Gasteiger partial charge in [0.1, 0.15) is 34.8 Å². The third-order valence-corrected chi connectivity index (χ3v) is 11.8. The van der Waals surface area contributed by atoms with E-state index in [-0.39, 0.29) is 74.0 Å². The van der Waals surface area contributed by atoms with Crippen LogP contribution in [-0.4, -0.2) is 91.3 Å². The molecule has 3 atom stereocenters. The molecule has 1 aliphatic carbocycles. The number of hydrogen-bond donors (Lipinski definition) is 1. The molecule has 0 bridgehead atoms. The number of likely N-dealkylation sites (N-methyl/N-ethyl adjacent to an activating group) is 2. The second kappa shape index (κ2) is 13.1. The molecule has 10 nitrogen and oxygen atoms in total. The highest BCUT2D eigenvalue weighted by Crippen LogP contribution is 2.54. The zero-order chi connectivity index (χ0) is 37.3. The van der Waals surface area contributed by atoms with Crippen LogP contribution in [0.1, 0.15) is 36.8 Å². The SMILES string of the molecule is C=CC(=O)N1CCC(N(C)c2nc(OC[C@@H]3CC4(CC4)CN3C)nc3c(F)c(-c4ccc(F)c5sc(N)c(C#N)c45)c(C(F)(F)F)cc23)[C@H]1COC. The van der Waals surface area contributed by atoms with Crippen molar-refractivity contribution in [2.75, 3.05) is 58.1 Å². The van der Waals surface area contributed by atoms with Crippen LogP contribution >= 0.6 is 11.3 Å². The maximum Gasteiger partial charge on any atom is 0.417 e. The van der Waals surface area contributed by atoms with Gasteiger partial charge in [0.25, 0.3) is 0 Å². The first-order valence-corrected chi connectivity index (χ1v) is 17.5. The predicted molar refractivity (Wildman–Crippen MR) is 187 cm³/mol. The fourth-order valence-electron chi connectivity index (χ4n) is 8.00. The average molecular weight is 742 g/mol. The van der Waals surface area contributed by atoms with Gasteiger partial charge in [-0.1, -0.05) is 12.6 Å². The van der Waals surface area contributed by atoms with Crippen LogP contribution in [-0.2, 0) is 15.7 Å². The third kappa shape index (κ3) is 5.98. The van der Waals surface area contributed by atoms with E-state index in [1.54, 1.807) is 16.8 Å². The first-order valence-electron chi connectivity index (χ1n) is 16.7. The highest BCUT2D eigenvalue weighted by atomic mass is 32.1. The van der Waals surface area contributed by atoms with Gasteiger partial charge in [0.05, 0.1) is 34.5 Å². The number of nitrogen functional groups attached to an aromatic ring is 1. The molecule has 2 N–H and O–H groups in total. The quantitative estimate of drug-likeness (QED) is 0.154. The first-order chi connectivity index (χ1) is 24.7. The number of amides is 1. The molecule has 3 fully saturated rings. The highest BCUT2D eigenvalue weighted by molar-refractivity contribution is 7.23. The fourth-order valence-corrected chi connectivity index (χ4v) is 8.95. The monoisotopic (exact) mass is 741 g/mol. The average Bonchev–Trinajstić information content (AvgIpc) is 3.41. The standard InChI is InChI=1S/C36H36F5N7O3S/c1-5-26(49)48-11-8-24(25(48)16-50-4)47(3)33-20-12-22(36(39,40)41)28(19-6-7-23(37)31-27(19)21(14-42)32(43)52-31)29(38)30(20)44-34(45-33)51-15-18-13-35(9-10-35)17-46(18)2/h5-7,12,18,24-25H,1,8-11,13,15-17,43H2,2-4H3/t18-,24?,25+/m0/s1. The van der Waals surface area contributed by atoms with Gasteiger partial charge in [-0.3, -0.25) is 9.69 Å². The van der Waals surface area contributed by atoms with Crippen molar-refractivity contribution in [3.63, 3.8) is 0 Å². The second-order valence-electron chi connectivity index (χ2n) is 13.9. The number of rotatable bonds is 9. The zero-order valence-corrected chi connectivity index (χ0v) is 29.5. The number of alkyl halides is 3. The van der Waals surface area contributed by atoms with Crippen molar-refractivity contribution in [1.82, 2.24) is 19.8 Å². The summed E-state index contributed by atoms with van der Waals surface area (Å²) in [6, 6.07) is 3.28. The van der Waals surface area contributed by atoms with Crippen LogP contribution in [0.5, 0.6) is 6.01 Å². The predicted octanol–water partition coefficient (Wildman–Crippen LogP) is 6.36.